The largest absolute Gasteiger partial charge is 0.508 e. The van der Waals surface area contributed by atoms with Gasteiger partial charge in [0.05, 0.1) is 7.11 Å². The number of aromatic hydroxyl groups is 1. The zero-order valence-electron chi connectivity index (χ0n) is 13.0. The van der Waals surface area contributed by atoms with E-state index in [0.29, 0.717) is 19.4 Å². The molecule has 0 unspecified atom stereocenters. The van der Waals surface area contributed by atoms with Gasteiger partial charge >= 0.3 is 0 Å². The lowest BCUT2D eigenvalue weighted by Crippen LogP contribution is -2.26. The lowest BCUT2D eigenvalue weighted by atomic mass is 10.1. The summed E-state index contributed by atoms with van der Waals surface area (Å²) in [6.07, 6.45) is 1.10. The molecule has 0 saturated heterocycles. The first-order valence-corrected chi connectivity index (χ1v) is 7.24. The number of benzene rings is 2. The monoisotopic (exact) mass is 299 g/mol. The van der Waals surface area contributed by atoms with E-state index in [1.54, 1.807) is 31.2 Å². The molecule has 1 N–H and O–H groups in total. The second kappa shape index (κ2) is 7.50. The van der Waals surface area contributed by atoms with E-state index in [1.165, 1.54) is 0 Å². The van der Waals surface area contributed by atoms with Gasteiger partial charge in [0.2, 0.25) is 5.91 Å². The fourth-order valence-electron chi connectivity index (χ4n) is 2.26. The van der Waals surface area contributed by atoms with Gasteiger partial charge in [-0.2, -0.15) is 0 Å². The van der Waals surface area contributed by atoms with Crippen LogP contribution in [0.1, 0.15) is 17.5 Å². The van der Waals surface area contributed by atoms with Crippen LogP contribution in [0.4, 0.5) is 0 Å². The Hall–Kier alpha value is -2.49. The summed E-state index contributed by atoms with van der Waals surface area (Å²) in [7, 11) is 3.38. The molecule has 0 aromatic heterocycles. The van der Waals surface area contributed by atoms with Crippen LogP contribution in [0.15, 0.2) is 48.5 Å². The molecule has 2 aromatic carbocycles. The van der Waals surface area contributed by atoms with E-state index in [9.17, 15) is 9.90 Å². The van der Waals surface area contributed by atoms with Crippen molar-refractivity contribution in [3.63, 3.8) is 0 Å². The van der Waals surface area contributed by atoms with Gasteiger partial charge in [0.25, 0.3) is 0 Å². The van der Waals surface area contributed by atoms with Crippen LogP contribution in [0.3, 0.4) is 0 Å². The number of para-hydroxylation sites is 1. The average Bonchev–Trinajstić information content (AvgIpc) is 2.54. The second-order valence-corrected chi connectivity index (χ2v) is 5.23. The summed E-state index contributed by atoms with van der Waals surface area (Å²) in [6.45, 7) is 0.406. The number of hydrogen-bond donors (Lipinski definition) is 1. The van der Waals surface area contributed by atoms with Crippen LogP contribution in [0, 0.1) is 0 Å². The van der Waals surface area contributed by atoms with Crippen molar-refractivity contribution in [3.8, 4) is 11.5 Å². The van der Waals surface area contributed by atoms with Crippen LogP contribution in [-0.2, 0) is 17.8 Å². The Labute approximate surface area is 131 Å². The third-order valence-electron chi connectivity index (χ3n) is 3.59. The van der Waals surface area contributed by atoms with Gasteiger partial charge in [-0.25, -0.2) is 0 Å². The predicted octanol–water partition coefficient (Wildman–Crippen LogP) is 2.99. The first-order valence-electron chi connectivity index (χ1n) is 7.24. The van der Waals surface area contributed by atoms with E-state index in [0.717, 1.165) is 16.9 Å². The summed E-state index contributed by atoms with van der Waals surface area (Å²) in [6, 6.07) is 14.8. The van der Waals surface area contributed by atoms with Gasteiger partial charge in [-0.3, -0.25) is 4.79 Å². The number of rotatable bonds is 6. The fourth-order valence-corrected chi connectivity index (χ4v) is 2.26. The normalized spacial score (nSPS) is 10.3. The number of carbonyl (C=O) groups excluding carboxylic acids is 1. The van der Waals surface area contributed by atoms with Crippen molar-refractivity contribution in [3.05, 3.63) is 59.7 Å². The van der Waals surface area contributed by atoms with Gasteiger partial charge in [0.1, 0.15) is 11.5 Å². The minimum atomic E-state index is 0.0473. The highest BCUT2D eigenvalue weighted by atomic mass is 16.5. The molecule has 0 fully saturated rings. The molecular weight excluding hydrogens is 278 g/mol. The van der Waals surface area contributed by atoms with Crippen LogP contribution in [0.5, 0.6) is 11.5 Å². The van der Waals surface area contributed by atoms with Crippen LogP contribution >= 0.6 is 0 Å². The number of methoxy groups -OCH3 is 1. The third kappa shape index (κ3) is 4.25. The number of amides is 1. The lowest BCUT2D eigenvalue weighted by molar-refractivity contribution is -0.130. The summed E-state index contributed by atoms with van der Waals surface area (Å²) < 4.78 is 5.18. The fraction of sp³-hybridized carbons (Fsp3) is 0.278. The highest BCUT2D eigenvalue weighted by Gasteiger charge is 2.11. The number of hydrogen-bond acceptors (Lipinski definition) is 3. The number of ether oxygens (including phenoxy) is 1. The van der Waals surface area contributed by atoms with Gasteiger partial charge in [-0.05, 0) is 30.2 Å². The Morgan fingerprint density at radius 3 is 2.68 bits per heavy atom. The van der Waals surface area contributed by atoms with Crippen molar-refractivity contribution in [2.75, 3.05) is 14.2 Å². The summed E-state index contributed by atoms with van der Waals surface area (Å²) in [5.41, 5.74) is 1.82. The quantitative estimate of drug-likeness (QED) is 0.892. The zero-order chi connectivity index (χ0) is 15.9. The number of aryl methyl sites for hydroxylation is 1. The Morgan fingerprint density at radius 1 is 1.18 bits per heavy atom. The Bertz CT molecular complexity index is 640. The van der Waals surface area contributed by atoms with Crippen LogP contribution in [0.25, 0.3) is 0 Å². The van der Waals surface area contributed by atoms with Crippen molar-refractivity contribution in [1.29, 1.82) is 0 Å². The Balaban J connectivity index is 1.90. The van der Waals surface area contributed by atoms with Gasteiger partial charge in [-0.15, -0.1) is 0 Å². The molecule has 0 aliphatic heterocycles. The Morgan fingerprint density at radius 2 is 1.95 bits per heavy atom. The molecule has 2 rings (SSSR count). The molecule has 0 atom stereocenters. The standard InChI is InChI=1S/C18H21NO3/c1-19(13-15-7-3-4-9-17(15)20)18(21)11-10-14-6-5-8-16(12-14)22-2/h3-9,12,20H,10-11,13H2,1-2H3. The molecule has 1 amide bonds. The van der Waals surface area contributed by atoms with E-state index < -0.39 is 0 Å². The SMILES string of the molecule is COc1cccc(CCC(=O)N(C)Cc2ccccc2O)c1. The maximum Gasteiger partial charge on any atom is 0.222 e. The van der Waals surface area contributed by atoms with Gasteiger partial charge in [0.15, 0.2) is 0 Å². The summed E-state index contributed by atoms with van der Waals surface area (Å²) >= 11 is 0. The lowest BCUT2D eigenvalue weighted by Gasteiger charge is -2.18. The maximum atomic E-state index is 12.2. The molecule has 22 heavy (non-hydrogen) atoms. The Kier molecular flexibility index (Phi) is 5.42. The molecule has 0 aliphatic rings. The van der Waals surface area contributed by atoms with E-state index in [1.807, 2.05) is 36.4 Å². The predicted molar refractivity (Wildman–Crippen MR) is 85.9 cm³/mol. The second-order valence-electron chi connectivity index (χ2n) is 5.23. The first-order chi connectivity index (χ1) is 10.6. The smallest absolute Gasteiger partial charge is 0.222 e. The number of phenols is 1. The molecule has 0 spiro atoms. The minimum Gasteiger partial charge on any atom is -0.508 e. The van der Waals surface area contributed by atoms with Crippen LogP contribution in [0.2, 0.25) is 0 Å². The van der Waals surface area contributed by atoms with Crippen molar-refractivity contribution >= 4 is 5.91 Å². The van der Waals surface area contributed by atoms with Crippen molar-refractivity contribution in [2.24, 2.45) is 0 Å². The molecule has 0 heterocycles. The molecule has 4 nitrogen and oxygen atoms in total. The molecular formula is C18H21NO3. The zero-order valence-corrected chi connectivity index (χ0v) is 13.0. The summed E-state index contributed by atoms with van der Waals surface area (Å²) in [5.74, 6) is 1.06. The molecule has 0 aliphatic carbocycles. The van der Waals surface area contributed by atoms with Crippen LogP contribution < -0.4 is 4.74 Å². The molecule has 116 valence electrons. The van der Waals surface area contributed by atoms with Gasteiger partial charge in [0, 0.05) is 25.6 Å². The summed E-state index contributed by atoms with van der Waals surface area (Å²) in [4.78, 5) is 13.8. The molecule has 0 bridgehead atoms. The van der Waals surface area contributed by atoms with E-state index in [-0.39, 0.29) is 11.7 Å². The minimum absolute atomic E-state index is 0.0473. The van der Waals surface area contributed by atoms with Gasteiger partial charge < -0.3 is 14.7 Å². The number of carbonyl (C=O) groups is 1. The van der Waals surface area contributed by atoms with E-state index in [2.05, 4.69) is 0 Å². The highest BCUT2D eigenvalue weighted by molar-refractivity contribution is 5.76. The summed E-state index contributed by atoms with van der Waals surface area (Å²) in [5, 5.41) is 9.75. The van der Waals surface area contributed by atoms with Crippen molar-refractivity contribution in [2.45, 2.75) is 19.4 Å². The van der Waals surface area contributed by atoms with Crippen LogP contribution in [-0.4, -0.2) is 30.1 Å². The first kappa shape index (κ1) is 15.9. The molecule has 2 aromatic rings. The topological polar surface area (TPSA) is 49.8 Å². The number of phenolic OH excluding ortho intramolecular Hbond substituents is 1. The number of nitrogens with zero attached hydrogens (tertiary/aromatic N) is 1. The van der Waals surface area contributed by atoms with E-state index >= 15 is 0 Å². The van der Waals surface area contributed by atoms with Gasteiger partial charge in [-0.1, -0.05) is 30.3 Å². The average molecular weight is 299 g/mol. The van der Waals surface area contributed by atoms with Crippen molar-refractivity contribution in [1.82, 2.24) is 4.90 Å². The highest BCUT2D eigenvalue weighted by Crippen LogP contribution is 2.18. The maximum absolute atomic E-state index is 12.2. The van der Waals surface area contributed by atoms with E-state index in [4.69, 9.17) is 4.74 Å². The third-order valence-corrected chi connectivity index (χ3v) is 3.59. The van der Waals surface area contributed by atoms with Crippen molar-refractivity contribution < 1.29 is 14.6 Å². The molecule has 0 radical (unpaired) electrons. The molecule has 4 heteroatoms. The molecule has 0 saturated carbocycles.